The van der Waals surface area contributed by atoms with Gasteiger partial charge < -0.3 is 9.84 Å². The monoisotopic (exact) mass is 346 g/mol. The molecule has 0 spiro atoms. The van der Waals surface area contributed by atoms with Crippen LogP contribution in [0, 0.1) is 29.1 Å². The van der Waals surface area contributed by atoms with Gasteiger partial charge in [0.1, 0.15) is 6.10 Å². The van der Waals surface area contributed by atoms with E-state index >= 15 is 0 Å². The molecule has 3 heteroatoms. The fraction of sp³-hybridized carbons (Fsp3) is 0.864. The topological polar surface area (TPSA) is 46.5 Å². The van der Waals surface area contributed by atoms with Crippen molar-refractivity contribution in [2.45, 2.75) is 90.3 Å². The average Bonchev–Trinajstić information content (AvgIpc) is 2.86. The molecule has 0 heterocycles. The van der Waals surface area contributed by atoms with Crippen LogP contribution in [0.5, 0.6) is 0 Å². The number of hydrogen-bond donors (Lipinski definition) is 1. The molecule has 0 aliphatic heterocycles. The Morgan fingerprint density at radius 1 is 1.20 bits per heavy atom. The van der Waals surface area contributed by atoms with E-state index in [0.717, 1.165) is 31.1 Å². The molecule has 140 valence electrons. The summed E-state index contributed by atoms with van der Waals surface area (Å²) < 4.78 is 5.46. The fourth-order valence-electron chi connectivity index (χ4n) is 7.29. The summed E-state index contributed by atoms with van der Waals surface area (Å²) >= 11 is 0. The number of hydrogen-bond acceptors (Lipinski definition) is 3. The second-order valence-electron chi connectivity index (χ2n) is 9.43. The number of fused-ring (bicyclic) bond motifs is 5. The summed E-state index contributed by atoms with van der Waals surface area (Å²) in [7, 11) is 0. The maximum atomic E-state index is 11.3. The van der Waals surface area contributed by atoms with Crippen molar-refractivity contribution in [3.05, 3.63) is 11.6 Å². The highest BCUT2D eigenvalue weighted by Crippen LogP contribution is 2.65. The zero-order valence-corrected chi connectivity index (χ0v) is 16.1. The van der Waals surface area contributed by atoms with Crippen LogP contribution in [0.25, 0.3) is 0 Å². The lowest BCUT2D eigenvalue weighted by molar-refractivity contribution is -0.145. The maximum Gasteiger partial charge on any atom is 0.303 e. The van der Waals surface area contributed by atoms with Gasteiger partial charge in [-0.3, -0.25) is 4.79 Å². The molecule has 1 N–H and O–H groups in total. The first-order valence-corrected chi connectivity index (χ1v) is 10.5. The van der Waals surface area contributed by atoms with E-state index < -0.39 is 5.60 Å². The van der Waals surface area contributed by atoms with Crippen LogP contribution in [0.2, 0.25) is 0 Å². The molecule has 3 saturated carbocycles. The van der Waals surface area contributed by atoms with Gasteiger partial charge in [0, 0.05) is 6.92 Å². The highest BCUT2D eigenvalue weighted by atomic mass is 16.5. The maximum absolute atomic E-state index is 11.3. The summed E-state index contributed by atoms with van der Waals surface area (Å²) in [6, 6.07) is 0. The minimum Gasteiger partial charge on any atom is -0.458 e. The normalized spacial score (nSPS) is 48.8. The third-order valence-electron chi connectivity index (χ3n) is 8.64. The Kier molecular flexibility index (Phi) is 4.30. The van der Waals surface area contributed by atoms with Gasteiger partial charge in [0.2, 0.25) is 0 Å². The highest BCUT2D eigenvalue weighted by Gasteiger charge is 2.61. The van der Waals surface area contributed by atoms with Crippen LogP contribution in [-0.2, 0) is 9.53 Å². The summed E-state index contributed by atoms with van der Waals surface area (Å²) in [5.74, 6) is 2.81. The zero-order chi connectivity index (χ0) is 17.8. The largest absolute Gasteiger partial charge is 0.458 e. The minimum absolute atomic E-state index is 0.00539. The SMILES string of the molecule is CC[C@]1(O)CC[C@H]2[C@@H]3CCC4=CC(OC(C)=O)CC[C@@H]4[C@H]3CC[C@@]21C. The van der Waals surface area contributed by atoms with Gasteiger partial charge in [-0.15, -0.1) is 0 Å². The van der Waals surface area contributed by atoms with Gasteiger partial charge in [-0.2, -0.15) is 0 Å². The molecule has 25 heavy (non-hydrogen) atoms. The van der Waals surface area contributed by atoms with Crippen LogP contribution in [0.1, 0.15) is 78.6 Å². The van der Waals surface area contributed by atoms with Gasteiger partial charge in [0.25, 0.3) is 0 Å². The minimum atomic E-state index is -0.439. The Hall–Kier alpha value is -0.830. The van der Waals surface area contributed by atoms with Gasteiger partial charge in [0.15, 0.2) is 0 Å². The van der Waals surface area contributed by atoms with Gasteiger partial charge >= 0.3 is 5.97 Å². The van der Waals surface area contributed by atoms with E-state index in [0.29, 0.717) is 11.8 Å². The van der Waals surface area contributed by atoms with E-state index in [2.05, 4.69) is 19.9 Å². The van der Waals surface area contributed by atoms with Gasteiger partial charge in [0.05, 0.1) is 5.60 Å². The van der Waals surface area contributed by atoms with E-state index in [4.69, 9.17) is 4.74 Å². The molecule has 3 nitrogen and oxygen atoms in total. The van der Waals surface area contributed by atoms with Crippen LogP contribution in [-0.4, -0.2) is 22.8 Å². The van der Waals surface area contributed by atoms with E-state index in [1.54, 1.807) is 5.57 Å². The van der Waals surface area contributed by atoms with Crippen LogP contribution >= 0.6 is 0 Å². The molecule has 4 rings (SSSR count). The molecule has 0 aromatic heterocycles. The quantitative estimate of drug-likeness (QED) is 0.585. The molecule has 0 aromatic rings. The number of allylic oxidation sites excluding steroid dienone is 1. The predicted molar refractivity (Wildman–Crippen MR) is 97.9 cm³/mol. The lowest BCUT2D eigenvalue weighted by Crippen LogP contribution is -2.52. The average molecular weight is 347 g/mol. The third-order valence-corrected chi connectivity index (χ3v) is 8.64. The van der Waals surface area contributed by atoms with E-state index in [1.807, 2.05) is 0 Å². The summed E-state index contributed by atoms with van der Waals surface area (Å²) in [4.78, 5) is 11.3. The van der Waals surface area contributed by atoms with Crippen LogP contribution in [0.15, 0.2) is 11.6 Å². The summed E-state index contributed by atoms with van der Waals surface area (Å²) in [6.07, 6.45) is 12.4. The molecular formula is C22H34O3. The smallest absolute Gasteiger partial charge is 0.303 e. The third kappa shape index (κ3) is 2.60. The Morgan fingerprint density at radius 2 is 2.00 bits per heavy atom. The molecule has 7 atom stereocenters. The van der Waals surface area contributed by atoms with Crippen molar-refractivity contribution in [3.63, 3.8) is 0 Å². The highest BCUT2D eigenvalue weighted by molar-refractivity contribution is 5.66. The molecule has 0 radical (unpaired) electrons. The summed E-state index contributed by atoms with van der Waals surface area (Å²) in [5, 5.41) is 11.2. The number of esters is 1. The molecule has 0 saturated heterocycles. The molecule has 3 fully saturated rings. The predicted octanol–water partition coefficient (Wildman–Crippen LogP) is 4.63. The van der Waals surface area contributed by atoms with Crippen LogP contribution in [0.4, 0.5) is 0 Å². The summed E-state index contributed by atoms with van der Waals surface area (Å²) in [5.41, 5.74) is 1.25. The van der Waals surface area contributed by atoms with E-state index in [-0.39, 0.29) is 17.5 Å². The molecule has 0 bridgehead atoms. The number of carbonyl (C=O) groups is 1. The van der Waals surface area contributed by atoms with Crippen molar-refractivity contribution >= 4 is 5.97 Å². The number of carbonyl (C=O) groups excluding carboxylic acids is 1. The zero-order valence-electron chi connectivity index (χ0n) is 16.1. The van der Waals surface area contributed by atoms with Gasteiger partial charge in [-0.25, -0.2) is 0 Å². The molecule has 4 aliphatic carbocycles. The van der Waals surface area contributed by atoms with Crippen LogP contribution < -0.4 is 0 Å². The second kappa shape index (κ2) is 6.11. The first-order valence-electron chi connectivity index (χ1n) is 10.5. The standard InChI is InChI=1S/C22H34O3/c1-4-22(24)12-10-20-19-7-5-15-13-16(25-14(2)23)6-8-17(15)18(19)9-11-21(20,22)3/h13,16-20,24H,4-12H2,1-3H3/t16?,17-,18+,19+,20-,21-,22-/m0/s1. The number of rotatable bonds is 2. The van der Waals surface area contributed by atoms with Crippen molar-refractivity contribution in [1.82, 2.24) is 0 Å². The first kappa shape index (κ1) is 17.6. The van der Waals surface area contributed by atoms with Gasteiger partial charge in [-0.1, -0.05) is 19.4 Å². The Balaban J connectivity index is 1.55. The molecule has 0 aromatic carbocycles. The van der Waals surface area contributed by atoms with Crippen molar-refractivity contribution in [2.24, 2.45) is 29.1 Å². The lowest BCUT2D eigenvalue weighted by atomic mass is 9.50. The second-order valence-corrected chi connectivity index (χ2v) is 9.43. The Bertz CT molecular complexity index is 582. The number of ether oxygens (including phenoxy) is 1. The molecule has 1 unspecified atom stereocenters. The van der Waals surface area contributed by atoms with Crippen molar-refractivity contribution in [3.8, 4) is 0 Å². The van der Waals surface area contributed by atoms with Crippen LogP contribution in [0.3, 0.4) is 0 Å². The lowest BCUT2D eigenvalue weighted by Gasteiger charge is -2.56. The fourth-order valence-corrected chi connectivity index (χ4v) is 7.29. The molecule has 4 aliphatic rings. The molecule has 0 amide bonds. The van der Waals surface area contributed by atoms with Crippen molar-refractivity contribution in [1.29, 1.82) is 0 Å². The van der Waals surface area contributed by atoms with Crippen molar-refractivity contribution in [2.75, 3.05) is 0 Å². The van der Waals surface area contributed by atoms with E-state index in [1.165, 1.54) is 45.4 Å². The number of aliphatic hydroxyl groups is 1. The Morgan fingerprint density at radius 3 is 2.72 bits per heavy atom. The first-order chi connectivity index (χ1) is 11.9. The van der Waals surface area contributed by atoms with Gasteiger partial charge in [-0.05, 0) is 93.0 Å². The summed E-state index contributed by atoms with van der Waals surface area (Å²) in [6.45, 7) is 6.06. The Labute approximate surface area is 152 Å². The molecular weight excluding hydrogens is 312 g/mol. The van der Waals surface area contributed by atoms with Crippen molar-refractivity contribution < 1.29 is 14.6 Å². The van der Waals surface area contributed by atoms with E-state index in [9.17, 15) is 9.90 Å².